The van der Waals surface area contributed by atoms with Crippen molar-refractivity contribution in [1.82, 2.24) is 9.97 Å². The van der Waals surface area contributed by atoms with Crippen LogP contribution in [0, 0.1) is 5.82 Å². The van der Waals surface area contributed by atoms with E-state index in [0.29, 0.717) is 5.56 Å². The van der Waals surface area contributed by atoms with Gasteiger partial charge >= 0.3 is 0 Å². The second-order valence-electron chi connectivity index (χ2n) is 3.60. The number of aromatic nitrogens is 2. The van der Waals surface area contributed by atoms with Gasteiger partial charge < -0.3 is 11.1 Å². The van der Waals surface area contributed by atoms with Gasteiger partial charge in [0.2, 0.25) is 0 Å². The summed E-state index contributed by atoms with van der Waals surface area (Å²) in [6.45, 7) is 0. The molecule has 0 aliphatic rings. The summed E-state index contributed by atoms with van der Waals surface area (Å²) in [7, 11) is 0. The number of hydrogen-bond donors (Lipinski definition) is 2. The van der Waals surface area contributed by atoms with E-state index in [1.165, 1.54) is 30.7 Å². The first kappa shape index (κ1) is 13.0. The molecule has 96 valence electrons. The fraction of sp³-hybridized carbons (Fsp3) is 0. The molecule has 1 amide bonds. The van der Waals surface area contributed by atoms with Crippen LogP contribution in [0.25, 0.3) is 0 Å². The first-order chi connectivity index (χ1) is 9.08. The molecule has 2 aromatic rings. The molecule has 1 heterocycles. The molecule has 1 aromatic carbocycles. The Labute approximate surface area is 113 Å². The number of carbonyl (C=O) groups excluding carboxylic acids is 1. The summed E-state index contributed by atoms with van der Waals surface area (Å²) in [5.41, 5.74) is 5.90. The third kappa shape index (κ3) is 3.08. The molecule has 0 fully saturated rings. The first-order valence-corrected chi connectivity index (χ1v) is 5.65. The zero-order valence-corrected chi connectivity index (χ0v) is 10.4. The van der Waals surface area contributed by atoms with Gasteiger partial charge in [0.05, 0.1) is 11.9 Å². The van der Waals surface area contributed by atoms with Crippen molar-refractivity contribution < 1.29 is 9.18 Å². The molecule has 0 aliphatic heterocycles. The maximum absolute atomic E-state index is 13.7. The monoisotopic (exact) mass is 276 g/mol. The molecule has 0 saturated carbocycles. The molecular formula is C12H9FN4OS. The summed E-state index contributed by atoms with van der Waals surface area (Å²) in [5, 5.41) is 2.39. The quantitative estimate of drug-likeness (QED) is 0.830. The molecule has 1 aromatic heterocycles. The Kier molecular flexibility index (Phi) is 3.76. The maximum atomic E-state index is 13.7. The molecule has 0 atom stereocenters. The molecule has 0 unspecified atom stereocenters. The Morgan fingerprint density at radius 1 is 1.37 bits per heavy atom. The lowest BCUT2D eigenvalue weighted by Gasteiger charge is -2.07. The number of nitrogens with one attached hydrogen (secondary N) is 1. The van der Waals surface area contributed by atoms with E-state index in [2.05, 4.69) is 15.3 Å². The number of benzene rings is 1. The highest BCUT2D eigenvalue weighted by Gasteiger charge is 2.11. The average Bonchev–Trinajstić information content (AvgIpc) is 2.41. The lowest BCUT2D eigenvalue weighted by molar-refractivity contribution is 0.102. The molecule has 0 saturated heterocycles. The third-order valence-corrected chi connectivity index (χ3v) is 2.53. The van der Waals surface area contributed by atoms with Gasteiger partial charge in [-0.15, -0.1) is 0 Å². The predicted octanol–water partition coefficient (Wildman–Crippen LogP) is 1.50. The Morgan fingerprint density at radius 3 is 2.74 bits per heavy atom. The number of rotatable bonds is 3. The van der Waals surface area contributed by atoms with E-state index in [1.54, 1.807) is 0 Å². The number of thiocarbonyl (C=S) groups is 1. The van der Waals surface area contributed by atoms with Crippen molar-refractivity contribution >= 4 is 28.8 Å². The van der Waals surface area contributed by atoms with Gasteiger partial charge in [0.25, 0.3) is 5.91 Å². The van der Waals surface area contributed by atoms with Crippen LogP contribution in [0.5, 0.6) is 0 Å². The number of nitrogens with two attached hydrogens (primary N) is 1. The van der Waals surface area contributed by atoms with E-state index >= 15 is 0 Å². The number of amides is 1. The summed E-state index contributed by atoms with van der Waals surface area (Å²) in [5.74, 6) is -1.17. The topological polar surface area (TPSA) is 80.9 Å². The summed E-state index contributed by atoms with van der Waals surface area (Å²) in [6.07, 6.45) is 4.10. The van der Waals surface area contributed by atoms with Crippen molar-refractivity contribution in [1.29, 1.82) is 0 Å². The largest absolute Gasteiger partial charge is 0.389 e. The first-order valence-electron chi connectivity index (χ1n) is 5.24. The van der Waals surface area contributed by atoms with Crippen molar-refractivity contribution in [2.75, 3.05) is 5.32 Å². The normalized spacial score (nSPS) is 9.95. The van der Waals surface area contributed by atoms with Crippen LogP contribution in [-0.2, 0) is 0 Å². The van der Waals surface area contributed by atoms with E-state index in [1.807, 2.05) is 0 Å². The van der Waals surface area contributed by atoms with E-state index in [4.69, 9.17) is 18.0 Å². The zero-order valence-electron chi connectivity index (χ0n) is 9.63. The Hall–Kier alpha value is -2.41. The predicted molar refractivity (Wildman–Crippen MR) is 72.3 cm³/mol. The van der Waals surface area contributed by atoms with Gasteiger partial charge in [-0.25, -0.2) is 9.37 Å². The van der Waals surface area contributed by atoms with Crippen molar-refractivity contribution in [3.8, 4) is 0 Å². The van der Waals surface area contributed by atoms with Gasteiger partial charge in [-0.1, -0.05) is 12.2 Å². The standard InChI is InChI=1S/C12H9FN4OS/c13-8-5-7(11(14)19)1-2-9(8)17-12(18)10-6-15-3-4-16-10/h1-6H,(H2,14,19)(H,17,18). The molecule has 0 radical (unpaired) electrons. The summed E-state index contributed by atoms with van der Waals surface area (Å²) in [4.78, 5) is 19.4. The highest BCUT2D eigenvalue weighted by Crippen LogP contribution is 2.16. The van der Waals surface area contributed by atoms with Crippen molar-refractivity contribution in [3.05, 3.63) is 53.9 Å². The van der Waals surface area contributed by atoms with E-state index in [9.17, 15) is 9.18 Å². The number of halogens is 1. The number of nitrogens with zero attached hydrogens (tertiary/aromatic N) is 2. The van der Waals surface area contributed by atoms with Crippen LogP contribution in [0.2, 0.25) is 0 Å². The van der Waals surface area contributed by atoms with Crippen LogP contribution < -0.4 is 11.1 Å². The number of anilines is 1. The maximum Gasteiger partial charge on any atom is 0.275 e. The van der Waals surface area contributed by atoms with E-state index in [0.717, 1.165) is 6.07 Å². The van der Waals surface area contributed by atoms with Crippen LogP contribution in [0.3, 0.4) is 0 Å². The second-order valence-corrected chi connectivity index (χ2v) is 4.04. The Morgan fingerprint density at radius 2 is 2.16 bits per heavy atom. The molecule has 0 bridgehead atoms. The van der Waals surface area contributed by atoms with Gasteiger partial charge in [-0.05, 0) is 18.2 Å². The smallest absolute Gasteiger partial charge is 0.275 e. The zero-order chi connectivity index (χ0) is 13.8. The van der Waals surface area contributed by atoms with Gasteiger partial charge in [-0.3, -0.25) is 9.78 Å². The van der Waals surface area contributed by atoms with Crippen LogP contribution in [0.4, 0.5) is 10.1 Å². The average molecular weight is 276 g/mol. The van der Waals surface area contributed by atoms with E-state index < -0.39 is 11.7 Å². The van der Waals surface area contributed by atoms with Crippen LogP contribution >= 0.6 is 12.2 Å². The fourth-order valence-electron chi connectivity index (χ4n) is 1.37. The molecule has 0 spiro atoms. The van der Waals surface area contributed by atoms with Crippen molar-refractivity contribution in [3.63, 3.8) is 0 Å². The lowest BCUT2D eigenvalue weighted by Crippen LogP contribution is -2.15. The molecule has 19 heavy (non-hydrogen) atoms. The summed E-state index contributed by atoms with van der Waals surface area (Å²) in [6, 6.07) is 4.07. The Balaban J connectivity index is 2.20. The van der Waals surface area contributed by atoms with Crippen LogP contribution in [0.1, 0.15) is 16.1 Å². The van der Waals surface area contributed by atoms with Crippen LogP contribution in [-0.4, -0.2) is 20.9 Å². The van der Waals surface area contributed by atoms with Gasteiger partial charge in [0, 0.05) is 18.0 Å². The van der Waals surface area contributed by atoms with Crippen molar-refractivity contribution in [2.24, 2.45) is 5.73 Å². The molecular weight excluding hydrogens is 267 g/mol. The molecule has 3 N–H and O–H groups in total. The minimum atomic E-state index is -0.623. The highest BCUT2D eigenvalue weighted by atomic mass is 32.1. The molecule has 7 heteroatoms. The summed E-state index contributed by atoms with van der Waals surface area (Å²) < 4.78 is 13.7. The van der Waals surface area contributed by atoms with Gasteiger partial charge in [0.1, 0.15) is 16.5 Å². The second kappa shape index (κ2) is 5.49. The molecule has 0 aliphatic carbocycles. The molecule has 5 nitrogen and oxygen atoms in total. The van der Waals surface area contributed by atoms with Crippen molar-refractivity contribution in [2.45, 2.75) is 0 Å². The third-order valence-electron chi connectivity index (χ3n) is 2.30. The van der Waals surface area contributed by atoms with Crippen LogP contribution in [0.15, 0.2) is 36.8 Å². The minimum Gasteiger partial charge on any atom is -0.389 e. The summed E-state index contributed by atoms with van der Waals surface area (Å²) >= 11 is 4.73. The Bertz CT molecular complexity index is 633. The molecule has 2 rings (SSSR count). The number of hydrogen-bond acceptors (Lipinski definition) is 4. The SMILES string of the molecule is NC(=S)c1ccc(NC(=O)c2cnccn2)c(F)c1. The number of carbonyl (C=O) groups is 1. The van der Waals surface area contributed by atoms with Gasteiger partial charge in [0.15, 0.2) is 0 Å². The minimum absolute atomic E-state index is 0.0238. The van der Waals surface area contributed by atoms with E-state index in [-0.39, 0.29) is 16.4 Å². The fourth-order valence-corrected chi connectivity index (χ4v) is 1.50. The highest BCUT2D eigenvalue weighted by molar-refractivity contribution is 7.80. The lowest BCUT2D eigenvalue weighted by atomic mass is 10.2. The van der Waals surface area contributed by atoms with Gasteiger partial charge in [-0.2, -0.15) is 0 Å².